The van der Waals surface area contributed by atoms with Crippen LogP contribution in [0.25, 0.3) is 0 Å². The molecule has 0 spiro atoms. The Kier molecular flexibility index (Phi) is 6.87. The van der Waals surface area contributed by atoms with Crippen LogP contribution >= 0.6 is 0 Å². The van der Waals surface area contributed by atoms with E-state index in [0.29, 0.717) is 28.1 Å². The fourth-order valence-corrected chi connectivity index (χ4v) is 4.88. The molecule has 3 aromatic carbocycles. The van der Waals surface area contributed by atoms with Crippen molar-refractivity contribution >= 4 is 17.6 Å². The minimum atomic E-state index is -1.88. The Morgan fingerprint density at radius 3 is 2.56 bits per heavy atom. The van der Waals surface area contributed by atoms with Crippen molar-refractivity contribution < 1.29 is 28.6 Å². The second-order valence-corrected chi connectivity index (χ2v) is 9.86. The van der Waals surface area contributed by atoms with Gasteiger partial charge in [-0.3, -0.25) is 4.79 Å². The van der Waals surface area contributed by atoms with Crippen LogP contribution in [0.1, 0.15) is 60.2 Å². The number of benzene rings is 3. The zero-order chi connectivity index (χ0) is 26.1. The zero-order valence-corrected chi connectivity index (χ0v) is 20.8. The number of carbonyl (C=O) groups is 2. The largest absolute Gasteiger partial charge is 0.496 e. The van der Waals surface area contributed by atoms with E-state index in [-0.39, 0.29) is 13.0 Å². The molecule has 2 atom stereocenters. The molecule has 0 bridgehead atoms. The molecular formula is C29H30FNO5. The van der Waals surface area contributed by atoms with Gasteiger partial charge in [-0.1, -0.05) is 51.1 Å². The minimum absolute atomic E-state index is 0.0196. The molecule has 36 heavy (non-hydrogen) atoms. The van der Waals surface area contributed by atoms with Crippen LogP contribution in [0, 0.1) is 5.82 Å². The maximum atomic E-state index is 14.2. The third kappa shape index (κ3) is 4.84. The van der Waals surface area contributed by atoms with Crippen molar-refractivity contribution in [1.82, 2.24) is 0 Å². The predicted molar refractivity (Wildman–Crippen MR) is 135 cm³/mol. The quantitative estimate of drug-likeness (QED) is 0.415. The van der Waals surface area contributed by atoms with Gasteiger partial charge in [-0.25, -0.2) is 9.18 Å². The lowest BCUT2D eigenvalue weighted by Gasteiger charge is -2.40. The molecular weight excluding hydrogens is 461 g/mol. The van der Waals surface area contributed by atoms with Crippen molar-refractivity contribution in [3.8, 4) is 5.75 Å². The van der Waals surface area contributed by atoms with Crippen LogP contribution in [0.15, 0.2) is 66.7 Å². The number of anilines is 1. The molecule has 0 fully saturated rings. The number of nitrogens with one attached hydrogen (secondary N) is 1. The molecule has 1 aliphatic rings. The smallest absolute Gasteiger partial charge is 0.338 e. The van der Waals surface area contributed by atoms with Gasteiger partial charge in [0.2, 0.25) is 0 Å². The number of amides is 1. The van der Waals surface area contributed by atoms with Gasteiger partial charge in [-0.05, 0) is 53.8 Å². The summed E-state index contributed by atoms with van der Waals surface area (Å²) in [5.74, 6) is -1.56. The van der Waals surface area contributed by atoms with Crippen LogP contribution in [0.4, 0.5) is 10.1 Å². The number of cyclic esters (lactones) is 1. The summed E-state index contributed by atoms with van der Waals surface area (Å²) in [5.41, 5.74) is 0.170. The predicted octanol–water partition coefficient (Wildman–Crippen LogP) is 5.35. The molecule has 6 nitrogen and oxygen atoms in total. The van der Waals surface area contributed by atoms with Gasteiger partial charge in [0.25, 0.3) is 5.91 Å². The molecule has 3 aromatic rings. The average molecular weight is 492 g/mol. The van der Waals surface area contributed by atoms with Crippen molar-refractivity contribution in [1.29, 1.82) is 0 Å². The molecule has 0 saturated carbocycles. The Labute approximate surface area is 210 Å². The van der Waals surface area contributed by atoms with E-state index in [2.05, 4.69) is 5.32 Å². The summed E-state index contributed by atoms with van der Waals surface area (Å²) in [6, 6.07) is 18.4. The van der Waals surface area contributed by atoms with Crippen LogP contribution in [0.3, 0.4) is 0 Å². The van der Waals surface area contributed by atoms with Crippen molar-refractivity contribution in [3.63, 3.8) is 0 Å². The lowest BCUT2D eigenvalue weighted by Crippen LogP contribution is -2.50. The summed E-state index contributed by atoms with van der Waals surface area (Å²) >= 11 is 0. The van der Waals surface area contributed by atoms with E-state index in [1.807, 2.05) is 44.2 Å². The second-order valence-electron chi connectivity index (χ2n) is 9.86. The number of hydrogen-bond donors (Lipinski definition) is 2. The normalized spacial score (nSPS) is 15.4. The molecule has 1 heterocycles. The Balaban J connectivity index is 1.72. The van der Waals surface area contributed by atoms with E-state index < -0.39 is 34.6 Å². The van der Waals surface area contributed by atoms with Crippen LogP contribution in [0.2, 0.25) is 0 Å². The number of fused-ring (bicyclic) bond motifs is 1. The monoisotopic (exact) mass is 491 g/mol. The van der Waals surface area contributed by atoms with Gasteiger partial charge in [-0.2, -0.15) is 0 Å². The maximum Gasteiger partial charge on any atom is 0.338 e. The molecule has 2 N–H and O–H groups in total. The highest BCUT2D eigenvalue weighted by atomic mass is 19.1. The highest BCUT2D eigenvalue weighted by Gasteiger charge is 2.47. The van der Waals surface area contributed by atoms with Gasteiger partial charge in [-0.15, -0.1) is 0 Å². The second kappa shape index (κ2) is 9.74. The van der Waals surface area contributed by atoms with E-state index in [1.54, 1.807) is 31.2 Å². The standard InChI is InChI=1S/C29H30FNO5/c1-18(19-8-6-5-7-9-19)29(34,17-28(2,3)24-15-21(30)10-13-25(24)35-4)27(33)31-22-11-12-23-20(14-22)16-36-26(23)32/h5-15,18,34H,16-17H2,1-4H3,(H,31,33). The van der Waals surface area contributed by atoms with Gasteiger partial charge < -0.3 is 19.9 Å². The molecule has 0 saturated heterocycles. The molecule has 0 aromatic heterocycles. The number of rotatable bonds is 8. The summed E-state index contributed by atoms with van der Waals surface area (Å²) in [6.45, 7) is 5.62. The molecule has 1 aliphatic heterocycles. The molecule has 188 valence electrons. The van der Waals surface area contributed by atoms with Crippen molar-refractivity contribution in [3.05, 3.63) is 94.8 Å². The molecule has 0 aliphatic carbocycles. The molecule has 7 heteroatoms. The van der Waals surface area contributed by atoms with Crippen molar-refractivity contribution in [2.45, 2.75) is 50.7 Å². The SMILES string of the molecule is COc1ccc(F)cc1C(C)(C)CC(O)(C(=O)Nc1ccc2c(c1)COC2=O)C(C)c1ccccc1. The topological polar surface area (TPSA) is 84.9 Å². The average Bonchev–Trinajstić information content (AvgIpc) is 3.23. The van der Waals surface area contributed by atoms with Crippen molar-refractivity contribution in [2.24, 2.45) is 0 Å². The number of halogens is 1. The van der Waals surface area contributed by atoms with Crippen molar-refractivity contribution in [2.75, 3.05) is 12.4 Å². The number of hydrogen-bond acceptors (Lipinski definition) is 5. The molecule has 1 amide bonds. The molecule has 4 rings (SSSR count). The first-order valence-corrected chi connectivity index (χ1v) is 11.8. The third-order valence-electron chi connectivity index (χ3n) is 6.95. The summed E-state index contributed by atoms with van der Waals surface area (Å²) in [4.78, 5) is 25.6. The van der Waals surface area contributed by atoms with E-state index in [4.69, 9.17) is 9.47 Å². The summed E-state index contributed by atoms with van der Waals surface area (Å²) in [5, 5.41) is 14.9. The van der Waals surface area contributed by atoms with Gasteiger partial charge in [0, 0.05) is 22.7 Å². The van der Waals surface area contributed by atoms with Gasteiger partial charge >= 0.3 is 5.97 Å². The first-order valence-electron chi connectivity index (χ1n) is 11.8. The first-order chi connectivity index (χ1) is 17.0. The van der Waals surface area contributed by atoms with Crippen LogP contribution in [0.5, 0.6) is 5.75 Å². The fraction of sp³-hybridized carbons (Fsp3) is 0.310. The zero-order valence-electron chi connectivity index (χ0n) is 20.8. The van der Waals surface area contributed by atoms with Crippen LogP contribution in [-0.4, -0.2) is 29.7 Å². The number of methoxy groups -OCH3 is 1. The summed E-state index contributed by atoms with van der Waals surface area (Å²) in [7, 11) is 1.50. The Morgan fingerprint density at radius 2 is 1.86 bits per heavy atom. The Morgan fingerprint density at radius 1 is 1.14 bits per heavy atom. The van der Waals surface area contributed by atoms with Crippen LogP contribution in [-0.2, 0) is 21.6 Å². The number of aliphatic hydroxyl groups is 1. The fourth-order valence-electron chi connectivity index (χ4n) is 4.88. The lowest BCUT2D eigenvalue weighted by atomic mass is 9.69. The number of ether oxygens (including phenoxy) is 2. The van der Waals surface area contributed by atoms with E-state index >= 15 is 0 Å². The summed E-state index contributed by atoms with van der Waals surface area (Å²) < 4.78 is 24.7. The van der Waals surface area contributed by atoms with E-state index in [1.165, 1.54) is 19.2 Å². The summed E-state index contributed by atoms with van der Waals surface area (Å²) in [6.07, 6.45) is -0.0196. The Hall–Kier alpha value is -3.71. The van der Waals surface area contributed by atoms with Gasteiger partial charge in [0.05, 0.1) is 12.7 Å². The van der Waals surface area contributed by atoms with E-state index in [9.17, 15) is 19.1 Å². The lowest BCUT2D eigenvalue weighted by molar-refractivity contribution is -0.138. The maximum absolute atomic E-state index is 14.2. The molecule has 2 unspecified atom stereocenters. The molecule has 0 radical (unpaired) electrons. The first kappa shape index (κ1) is 25.4. The van der Waals surface area contributed by atoms with Gasteiger partial charge in [0.15, 0.2) is 5.60 Å². The Bertz CT molecular complexity index is 1290. The van der Waals surface area contributed by atoms with E-state index in [0.717, 1.165) is 5.56 Å². The third-order valence-corrected chi connectivity index (χ3v) is 6.95. The van der Waals surface area contributed by atoms with Crippen LogP contribution < -0.4 is 10.1 Å². The highest BCUT2D eigenvalue weighted by Crippen LogP contribution is 2.43. The number of carbonyl (C=O) groups excluding carboxylic acids is 2. The minimum Gasteiger partial charge on any atom is -0.496 e. The number of esters is 1. The van der Waals surface area contributed by atoms with Gasteiger partial charge in [0.1, 0.15) is 18.2 Å². The highest BCUT2D eigenvalue weighted by molar-refractivity contribution is 5.99.